The minimum atomic E-state index is -1.65. The second kappa shape index (κ2) is 19.3. The predicted octanol–water partition coefficient (Wildman–Crippen LogP) is 5.87. The minimum absolute atomic E-state index is 0.0639. The van der Waals surface area contributed by atoms with Crippen LogP contribution in [0.1, 0.15) is 92.6 Å². The van der Waals surface area contributed by atoms with E-state index < -0.39 is 69.2 Å². The molecule has 308 valence electrons. The fourth-order valence-electron chi connectivity index (χ4n) is 7.83. The highest BCUT2D eigenvalue weighted by atomic mass is 127. The fourth-order valence-corrected chi connectivity index (χ4v) is 8.93. The molecule has 2 fully saturated rings. The lowest BCUT2D eigenvalue weighted by molar-refractivity contribution is -0.246. The summed E-state index contributed by atoms with van der Waals surface area (Å²) in [4.78, 5) is 46.4. The van der Waals surface area contributed by atoms with E-state index in [9.17, 15) is 19.5 Å². The number of aldehydes is 1. The number of ketones is 1. The maximum atomic E-state index is 14.2. The Hall–Kier alpha value is -2.54. The van der Waals surface area contributed by atoms with Gasteiger partial charge in [-0.3, -0.25) is 9.59 Å². The number of cyclic esters (lactones) is 1. The number of hydrogen-bond donors (Lipinski definition) is 3. The average molecular weight is 885 g/mol. The predicted molar refractivity (Wildman–Crippen MR) is 216 cm³/mol. The zero-order valence-electron chi connectivity index (χ0n) is 33.7. The van der Waals surface area contributed by atoms with Crippen LogP contribution in [0.25, 0.3) is 11.1 Å². The highest BCUT2D eigenvalue weighted by Gasteiger charge is 2.51. The number of nitrogens with zero attached hydrogens (tertiary/aromatic N) is 2. The molecule has 1 aromatic carbocycles. The van der Waals surface area contributed by atoms with Gasteiger partial charge in [0.05, 0.1) is 31.5 Å². The normalized spacial score (nSPS) is 33.7. The smallest absolute Gasteiger partial charge is 0.316 e. The number of alkyl halides is 1. The fraction of sp³-hybridized carbons (Fsp3) is 0.725. The Morgan fingerprint density at radius 3 is 2.60 bits per heavy atom. The molecule has 2 aliphatic heterocycles. The van der Waals surface area contributed by atoms with Gasteiger partial charge in [-0.05, 0) is 114 Å². The molecular formula is C40H61IN4O10. The maximum absolute atomic E-state index is 14.2. The van der Waals surface area contributed by atoms with E-state index >= 15 is 0 Å². The molecule has 0 amide bonds. The number of esters is 1. The van der Waals surface area contributed by atoms with E-state index in [4.69, 9.17) is 39.2 Å². The molecule has 0 bridgehead atoms. The molecule has 0 saturated carbocycles. The minimum Gasteiger partial charge on any atom is -0.459 e. The number of anilines is 1. The summed E-state index contributed by atoms with van der Waals surface area (Å²) in [6.07, 6.45) is -0.314. The van der Waals surface area contributed by atoms with Crippen molar-refractivity contribution in [2.24, 2.45) is 23.7 Å². The summed E-state index contributed by atoms with van der Waals surface area (Å²) in [6, 6.07) is 5.67. The van der Waals surface area contributed by atoms with Gasteiger partial charge in [-0.1, -0.05) is 26.8 Å². The lowest BCUT2D eigenvalue weighted by Crippen LogP contribution is -2.55. The van der Waals surface area contributed by atoms with Gasteiger partial charge < -0.3 is 54.0 Å². The van der Waals surface area contributed by atoms with Crippen molar-refractivity contribution in [1.29, 1.82) is 5.41 Å². The Labute approximate surface area is 338 Å². The summed E-state index contributed by atoms with van der Waals surface area (Å²) in [6.45, 7) is 12.3. The van der Waals surface area contributed by atoms with Crippen molar-refractivity contribution in [3.05, 3.63) is 23.8 Å². The van der Waals surface area contributed by atoms with Gasteiger partial charge in [-0.2, -0.15) is 4.98 Å². The van der Waals surface area contributed by atoms with E-state index in [1.165, 1.54) is 6.92 Å². The van der Waals surface area contributed by atoms with Gasteiger partial charge in [0.2, 0.25) is 0 Å². The number of aliphatic hydroxyl groups is 1. The summed E-state index contributed by atoms with van der Waals surface area (Å²) in [7, 11) is 4.00. The largest absolute Gasteiger partial charge is 0.459 e. The lowest BCUT2D eigenvalue weighted by Gasteiger charge is -2.45. The highest BCUT2D eigenvalue weighted by Crippen LogP contribution is 2.44. The van der Waals surface area contributed by atoms with Crippen molar-refractivity contribution in [3.63, 3.8) is 0 Å². The molecule has 4 N–H and O–H groups in total. The third-order valence-electron chi connectivity index (χ3n) is 11.2. The second-order valence-electron chi connectivity index (χ2n) is 16.1. The van der Waals surface area contributed by atoms with Crippen LogP contribution in [0.15, 0.2) is 22.6 Å². The topological polar surface area (TPSA) is 197 Å². The first kappa shape index (κ1) is 45.2. The first-order chi connectivity index (χ1) is 25.8. The van der Waals surface area contributed by atoms with Gasteiger partial charge in [0.25, 0.3) is 6.01 Å². The maximum Gasteiger partial charge on any atom is 0.316 e. The zero-order valence-corrected chi connectivity index (χ0v) is 35.9. The Morgan fingerprint density at radius 2 is 1.95 bits per heavy atom. The molecule has 0 aliphatic carbocycles. The van der Waals surface area contributed by atoms with Crippen LogP contribution in [0.3, 0.4) is 0 Å². The SMILES string of the molecule is CC[C@H]1OC(=O)[C@H](C)C(=O)[C@H](C)[C@@H](O[C@H]2C[C@@H](N(C)C)C[C@@H](C)O2)[C@@H](C[C@@H](C)C=O)OCC(=N)CC[C@H]([C@@](C)(I)OCc2ccc3oc(N)nc3c2)[C@]1(C)O. The van der Waals surface area contributed by atoms with Crippen molar-refractivity contribution in [2.45, 2.75) is 140 Å². The number of ether oxygens (including phenoxy) is 5. The lowest BCUT2D eigenvalue weighted by atomic mass is 9.76. The molecule has 14 nitrogen and oxygen atoms in total. The zero-order chi connectivity index (χ0) is 40.8. The van der Waals surface area contributed by atoms with Gasteiger partial charge in [-0.25, -0.2) is 0 Å². The van der Waals surface area contributed by atoms with Crippen molar-refractivity contribution in [2.75, 3.05) is 26.4 Å². The molecule has 1 aromatic heterocycles. The summed E-state index contributed by atoms with van der Waals surface area (Å²) in [5, 5.41) is 21.4. The number of nitrogens with two attached hydrogens (primary N) is 1. The molecule has 0 unspecified atom stereocenters. The first-order valence-corrected chi connectivity index (χ1v) is 20.4. The Balaban J connectivity index is 1.66. The first-order valence-electron chi connectivity index (χ1n) is 19.3. The van der Waals surface area contributed by atoms with Gasteiger partial charge >= 0.3 is 5.97 Å². The summed E-state index contributed by atoms with van der Waals surface area (Å²) >= 11 is 2.17. The van der Waals surface area contributed by atoms with Gasteiger partial charge in [-0.15, -0.1) is 0 Å². The van der Waals surface area contributed by atoms with Gasteiger partial charge in [0.15, 0.2) is 17.7 Å². The quantitative estimate of drug-likeness (QED) is 0.0798. The van der Waals surface area contributed by atoms with E-state index in [1.54, 1.807) is 26.8 Å². The van der Waals surface area contributed by atoms with E-state index in [0.29, 0.717) is 17.5 Å². The van der Waals surface area contributed by atoms with Crippen LogP contribution in [-0.4, -0.2) is 105 Å². The van der Waals surface area contributed by atoms with Crippen molar-refractivity contribution in [3.8, 4) is 0 Å². The Morgan fingerprint density at radius 1 is 1.24 bits per heavy atom. The molecule has 0 radical (unpaired) electrons. The number of benzene rings is 1. The summed E-state index contributed by atoms with van der Waals surface area (Å²) < 4.78 is 36.2. The number of Topliss-reactive ketones (excluding diaryl/α,β-unsaturated/α-hetero) is 1. The van der Waals surface area contributed by atoms with Crippen LogP contribution in [0, 0.1) is 29.1 Å². The number of nitrogens with one attached hydrogen (secondary N) is 1. The number of rotatable bonds is 11. The molecular weight excluding hydrogens is 823 g/mol. The molecule has 3 heterocycles. The molecule has 4 rings (SSSR count). The molecule has 2 saturated heterocycles. The third-order valence-corrected chi connectivity index (χ3v) is 12.3. The average Bonchev–Trinajstić information content (AvgIpc) is 3.50. The molecule has 55 heavy (non-hydrogen) atoms. The number of hydrogen-bond acceptors (Lipinski definition) is 14. The van der Waals surface area contributed by atoms with E-state index in [2.05, 4.69) is 32.5 Å². The van der Waals surface area contributed by atoms with E-state index in [-0.39, 0.29) is 62.8 Å². The second-order valence-corrected chi connectivity index (χ2v) is 18.2. The number of carbonyl (C=O) groups is 3. The summed E-state index contributed by atoms with van der Waals surface area (Å²) in [5.74, 6) is -4.40. The van der Waals surface area contributed by atoms with Gasteiger partial charge in [0.1, 0.15) is 33.0 Å². The van der Waals surface area contributed by atoms with E-state index in [1.807, 2.05) is 47.0 Å². The van der Waals surface area contributed by atoms with Crippen LogP contribution < -0.4 is 5.73 Å². The van der Waals surface area contributed by atoms with Crippen molar-refractivity contribution >= 4 is 63.5 Å². The van der Waals surface area contributed by atoms with Crippen LogP contribution in [-0.2, 0) is 44.7 Å². The van der Waals surface area contributed by atoms with Gasteiger partial charge in [0, 0.05) is 35.9 Å². The van der Waals surface area contributed by atoms with Crippen LogP contribution in [0.5, 0.6) is 0 Å². The van der Waals surface area contributed by atoms with Crippen molar-refractivity contribution < 1.29 is 47.6 Å². The number of aromatic nitrogens is 1. The Kier molecular flexibility index (Phi) is 15.8. The van der Waals surface area contributed by atoms with Crippen molar-refractivity contribution in [1.82, 2.24) is 9.88 Å². The highest BCUT2D eigenvalue weighted by molar-refractivity contribution is 14.1. The molecule has 2 aliphatic rings. The molecule has 12 atom stereocenters. The summed E-state index contributed by atoms with van der Waals surface area (Å²) in [5.41, 5.74) is 6.27. The molecule has 0 spiro atoms. The van der Waals surface area contributed by atoms with Crippen LogP contribution >= 0.6 is 22.6 Å². The number of fused-ring (bicyclic) bond motifs is 1. The molecule has 2 aromatic rings. The third kappa shape index (κ3) is 11.5. The van der Waals surface area contributed by atoms with E-state index in [0.717, 1.165) is 18.3 Å². The number of carbonyl (C=O) groups excluding carboxylic acids is 3. The number of halogens is 1. The molecule has 15 heteroatoms. The number of oxazole rings is 1. The monoisotopic (exact) mass is 884 g/mol. The van der Waals surface area contributed by atoms with Crippen LogP contribution in [0.4, 0.5) is 6.01 Å². The standard InChI is InChI=1S/C40H61IN4O10/c1-10-33-39(6,49)32(40(7,41)51-20-26-11-13-30-29(17-26)44-38(43)53-30)14-12-27(42)21-50-31(15-22(2)19-46)36(24(4)35(47)25(5)37(48)54-33)55-34-18-28(45(8)9)16-23(3)52-34/h11,13,17,19,22-25,28,31-34,36,42,49H,10,12,14-16,18,20-21H2,1-9H3,(H2,43,44)/t22-,23-,24+,25-,28+,31-,32+,33-,34+,36-,39+,40+/m1/s1. The number of nitrogen functional groups attached to an aromatic ring is 1. The van der Waals surface area contributed by atoms with Crippen LogP contribution in [0.2, 0.25) is 0 Å². The Bertz CT molecular complexity index is 1630.